The zero-order valence-corrected chi connectivity index (χ0v) is 11.9. The van der Waals surface area contributed by atoms with Crippen LogP contribution in [-0.4, -0.2) is 24.7 Å². The minimum absolute atomic E-state index is 0.129. The number of nitrogens with one attached hydrogen (secondary N) is 1. The molecule has 1 heterocycles. The number of rotatable bonds is 3. The van der Waals surface area contributed by atoms with Gasteiger partial charge in [0.05, 0.1) is 13.0 Å². The topological polar surface area (TPSA) is 58.6 Å². The number of carbonyl (C=O) groups is 1. The Balaban J connectivity index is 2.34. The average molecular weight is 263 g/mol. The Hall–Kier alpha value is -1.55. The van der Waals surface area contributed by atoms with Crippen molar-refractivity contribution in [2.75, 3.05) is 13.7 Å². The van der Waals surface area contributed by atoms with E-state index in [1.165, 1.54) is 11.1 Å². The first kappa shape index (κ1) is 13.9. The zero-order chi connectivity index (χ0) is 14.2. The molecule has 1 aromatic rings. The molecule has 2 rings (SSSR count). The standard InChI is InChI=1S/C15H21NO3/c1-8-5-12(9(2)10(3)14(8)19-4)13-6-11(7-16-13)15(17)18/h5,11,13,16H,6-7H2,1-4H3,(H,17,18). The summed E-state index contributed by atoms with van der Waals surface area (Å²) in [6.07, 6.45) is 0.654. The number of hydrogen-bond acceptors (Lipinski definition) is 3. The van der Waals surface area contributed by atoms with Gasteiger partial charge in [-0.25, -0.2) is 0 Å². The van der Waals surface area contributed by atoms with Crippen molar-refractivity contribution in [3.63, 3.8) is 0 Å². The third kappa shape index (κ3) is 2.45. The van der Waals surface area contributed by atoms with Crippen LogP contribution < -0.4 is 10.1 Å². The molecule has 1 saturated heterocycles. The van der Waals surface area contributed by atoms with E-state index >= 15 is 0 Å². The Labute approximate surface area is 113 Å². The van der Waals surface area contributed by atoms with Gasteiger partial charge in [-0.3, -0.25) is 4.79 Å². The van der Waals surface area contributed by atoms with Crippen molar-refractivity contribution in [1.29, 1.82) is 0 Å². The lowest BCUT2D eigenvalue weighted by Gasteiger charge is -2.19. The molecule has 0 bridgehead atoms. The number of hydrogen-bond donors (Lipinski definition) is 2. The van der Waals surface area contributed by atoms with Crippen LogP contribution in [0.3, 0.4) is 0 Å². The van der Waals surface area contributed by atoms with Crippen LogP contribution in [0.25, 0.3) is 0 Å². The Morgan fingerprint density at radius 1 is 1.37 bits per heavy atom. The van der Waals surface area contributed by atoms with Crippen molar-refractivity contribution < 1.29 is 14.6 Å². The highest BCUT2D eigenvalue weighted by molar-refractivity contribution is 5.71. The molecule has 1 fully saturated rings. The van der Waals surface area contributed by atoms with Crippen LogP contribution >= 0.6 is 0 Å². The lowest BCUT2D eigenvalue weighted by Crippen LogP contribution is -2.18. The highest BCUT2D eigenvalue weighted by Crippen LogP contribution is 2.35. The highest BCUT2D eigenvalue weighted by atomic mass is 16.5. The summed E-state index contributed by atoms with van der Waals surface area (Å²) < 4.78 is 5.42. The first-order chi connectivity index (χ1) is 8.95. The fraction of sp³-hybridized carbons (Fsp3) is 0.533. The maximum absolute atomic E-state index is 11.0. The third-order valence-electron chi connectivity index (χ3n) is 4.13. The van der Waals surface area contributed by atoms with E-state index in [4.69, 9.17) is 9.84 Å². The molecule has 0 radical (unpaired) electrons. The molecule has 0 spiro atoms. The summed E-state index contributed by atoms with van der Waals surface area (Å²) in [7, 11) is 1.68. The van der Waals surface area contributed by atoms with E-state index in [9.17, 15) is 4.79 Å². The third-order valence-corrected chi connectivity index (χ3v) is 4.13. The second-order valence-electron chi connectivity index (χ2n) is 5.30. The number of carboxylic acids is 1. The summed E-state index contributed by atoms with van der Waals surface area (Å²) in [6, 6.07) is 2.24. The fourth-order valence-electron chi connectivity index (χ4n) is 2.93. The van der Waals surface area contributed by atoms with Gasteiger partial charge in [0.2, 0.25) is 0 Å². The maximum Gasteiger partial charge on any atom is 0.307 e. The summed E-state index contributed by atoms with van der Waals surface area (Å²) in [5, 5.41) is 12.4. The van der Waals surface area contributed by atoms with E-state index in [2.05, 4.69) is 18.3 Å². The van der Waals surface area contributed by atoms with Gasteiger partial charge in [-0.1, -0.05) is 6.07 Å². The molecule has 0 saturated carbocycles. The number of benzene rings is 1. The Kier molecular flexibility index (Phi) is 3.80. The molecule has 104 valence electrons. The molecule has 0 aliphatic carbocycles. The van der Waals surface area contributed by atoms with Gasteiger partial charge in [0.25, 0.3) is 0 Å². The number of carboxylic acid groups (broad SMARTS) is 1. The average Bonchev–Trinajstić information content (AvgIpc) is 2.84. The molecule has 2 atom stereocenters. The molecular formula is C15H21NO3. The molecule has 4 nitrogen and oxygen atoms in total. The van der Waals surface area contributed by atoms with Gasteiger partial charge in [0.1, 0.15) is 5.75 Å². The second-order valence-corrected chi connectivity index (χ2v) is 5.30. The first-order valence-electron chi connectivity index (χ1n) is 6.56. The van der Waals surface area contributed by atoms with E-state index in [0.29, 0.717) is 13.0 Å². The van der Waals surface area contributed by atoms with Crippen LogP contribution in [0.1, 0.15) is 34.7 Å². The lowest BCUT2D eigenvalue weighted by atomic mass is 9.91. The van der Waals surface area contributed by atoms with Crippen molar-refractivity contribution in [2.24, 2.45) is 5.92 Å². The van der Waals surface area contributed by atoms with Gasteiger partial charge < -0.3 is 15.2 Å². The number of methoxy groups -OCH3 is 1. The monoisotopic (exact) mass is 263 g/mol. The summed E-state index contributed by atoms with van der Waals surface area (Å²) in [6.45, 7) is 6.69. The summed E-state index contributed by atoms with van der Waals surface area (Å²) in [4.78, 5) is 11.0. The van der Waals surface area contributed by atoms with Crippen LogP contribution in [0.15, 0.2) is 6.07 Å². The smallest absolute Gasteiger partial charge is 0.307 e. The predicted octanol–water partition coefficient (Wildman–Crippen LogP) is 2.36. The van der Waals surface area contributed by atoms with Crippen molar-refractivity contribution in [2.45, 2.75) is 33.2 Å². The first-order valence-corrected chi connectivity index (χ1v) is 6.56. The van der Waals surface area contributed by atoms with E-state index in [-0.39, 0.29) is 12.0 Å². The second kappa shape index (κ2) is 5.21. The largest absolute Gasteiger partial charge is 0.496 e. The van der Waals surface area contributed by atoms with Gasteiger partial charge in [-0.2, -0.15) is 0 Å². The lowest BCUT2D eigenvalue weighted by molar-refractivity contribution is -0.141. The minimum atomic E-state index is -0.713. The minimum Gasteiger partial charge on any atom is -0.496 e. The van der Waals surface area contributed by atoms with E-state index < -0.39 is 5.97 Å². The van der Waals surface area contributed by atoms with Gasteiger partial charge >= 0.3 is 5.97 Å². The van der Waals surface area contributed by atoms with Crippen LogP contribution in [0.2, 0.25) is 0 Å². The molecule has 0 aromatic heterocycles. The van der Waals surface area contributed by atoms with Crippen LogP contribution in [-0.2, 0) is 4.79 Å². The fourth-order valence-corrected chi connectivity index (χ4v) is 2.93. The summed E-state index contributed by atoms with van der Waals surface area (Å²) in [5.74, 6) is -0.0734. The highest BCUT2D eigenvalue weighted by Gasteiger charge is 2.31. The van der Waals surface area contributed by atoms with E-state index in [1.807, 2.05) is 13.8 Å². The molecule has 4 heteroatoms. The molecular weight excluding hydrogens is 242 g/mol. The Bertz CT molecular complexity index is 511. The van der Waals surface area contributed by atoms with Crippen molar-refractivity contribution >= 4 is 5.97 Å². The number of aliphatic carboxylic acids is 1. The predicted molar refractivity (Wildman–Crippen MR) is 73.7 cm³/mol. The molecule has 1 aromatic carbocycles. The summed E-state index contributed by atoms with van der Waals surface area (Å²) >= 11 is 0. The quantitative estimate of drug-likeness (QED) is 0.879. The van der Waals surface area contributed by atoms with Crippen LogP contribution in [0.5, 0.6) is 5.75 Å². The number of aryl methyl sites for hydroxylation is 1. The van der Waals surface area contributed by atoms with Crippen LogP contribution in [0.4, 0.5) is 0 Å². The maximum atomic E-state index is 11.0. The van der Waals surface area contributed by atoms with Gasteiger partial charge in [0.15, 0.2) is 0 Å². The molecule has 1 aliphatic heterocycles. The zero-order valence-electron chi connectivity index (χ0n) is 11.9. The Morgan fingerprint density at radius 2 is 2.05 bits per heavy atom. The summed E-state index contributed by atoms with van der Waals surface area (Å²) in [5.41, 5.74) is 4.62. The Morgan fingerprint density at radius 3 is 2.58 bits per heavy atom. The molecule has 0 amide bonds. The van der Waals surface area contributed by atoms with Gasteiger partial charge in [-0.15, -0.1) is 0 Å². The SMILES string of the molecule is COc1c(C)cc(C2CC(C(=O)O)CN2)c(C)c1C. The molecule has 2 unspecified atom stereocenters. The van der Waals surface area contributed by atoms with Gasteiger partial charge in [-0.05, 0) is 49.4 Å². The van der Waals surface area contributed by atoms with Crippen LogP contribution in [0, 0.1) is 26.7 Å². The van der Waals surface area contributed by atoms with Crippen molar-refractivity contribution in [3.05, 3.63) is 28.3 Å². The number of ether oxygens (including phenoxy) is 1. The van der Waals surface area contributed by atoms with Crippen molar-refractivity contribution in [3.8, 4) is 5.75 Å². The molecule has 19 heavy (non-hydrogen) atoms. The van der Waals surface area contributed by atoms with Crippen molar-refractivity contribution in [1.82, 2.24) is 5.32 Å². The molecule has 1 aliphatic rings. The van der Waals surface area contributed by atoms with E-state index in [1.54, 1.807) is 7.11 Å². The molecule has 2 N–H and O–H groups in total. The van der Waals surface area contributed by atoms with Gasteiger partial charge in [0, 0.05) is 12.6 Å². The normalized spacial score (nSPS) is 22.5. The van der Waals surface area contributed by atoms with E-state index in [0.717, 1.165) is 16.9 Å².